The highest BCUT2D eigenvalue weighted by Gasteiger charge is 2.71. The first-order valence-corrected chi connectivity index (χ1v) is 40.6. The van der Waals surface area contributed by atoms with Gasteiger partial charge in [0.25, 0.3) is 5.91 Å². The van der Waals surface area contributed by atoms with Crippen LogP contribution in [0.1, 0.15) is 236 Å². The monoisotopic (exact) mass is 1600 g/mol. The number of primary sulfonamides is 1. The molecule has 6 aliphatic heterocycles. The molecule has 6 heterocycles. The summed E-state index contributed by atoms with van der Waals surface area (Å²) in [4.78, 5) is 141. The standard InChI is InChI=1S/C37H50FN5O9S.C33H43FN4O8.C4H9NO2S.4CH4/c1-35(2,3)52-33(47)39-28-12-7-5-6-9-21-15-24(21)26-17-37(26,32(46)41-53(49,50)36(4)13-14-36)40-30(44)29-16-23(19-43(29)31(28)45)51-34(48)42-18-22-10-8-11-27(38)25(22)20-42;1-32(2,3)46-30(43)35-25-11-6-4-5-8-18-12-21(18)23-14-33(23,29(41)42)36-27(39)26-13-20(16-38(26)28(25)40)45-31(44)37-15-19-9-7-10-24(34)22(19)17-37;1-4(2-3-4)8(5,6)7;;;;/h8,10-11,21,23-24,26,28-29H,5-7,9,12-20H2,1-4H3,(H,39,47)(H,40,44)(H,41,46);7,9-10,18,20-21,23,25-26H,4-6,8,11-17H2,1-3H3,(H,35,43)(H,36,39)(H,41,42);2-3H2,1H3,(H2,5,6,7);4*1H4/t21-,23-,24+,26+,28+,29+,37-;18-,20-,21+,23+,25+,26+,33-;;;;;/m11...../s1. The van der Waals surface area contributed by atoms with Gasteiger partial charge in [0, 0.05) is 37.1 Å². The number of halogens is 2. The number of carbonyl (C=O) groups excluding carboxylic acids is 9. The van der Waals surface area contributed by atoms with Gasteiger partial charge in [-0.25, -0.2) is 54.7 Å². The molecule has 10 fully saturated rings. The summed E-state index contributed by atoms with van der Waals surface area (Å²) >= 11 is 0. The number of benzene rings is 2. The lowest BCUT2D eigenvalue weighted by atomic mass is 10.0. The van der Waals surface area contributed by atoms with Crippen LogP contribution in [0.2, 0.25) is 0 Å². The first kappa shape index (κ1) is 88.6. The summed E-state index contributed by atoms with van der Waals surface area (Å²) < 4.78 is 99.3. The van der Waals surface area contributed by atoms with E-state index in [9.17, 15) is 78.7 Å². The number of sulfonamides is 2. The van der Waals surface area contributed by atoms with Crippen molar-refractivity contribution in [1.82, 2.24) is 45.6 Å². The van der Waals surface area contributed by atoms with E-state index in [4.69, 9.17) is 24.1 Å². The summed E-state index contributed by atoms with van der Waals surface area (Å²) in [7, 11) is -7.23. The quantitative estimate of drug-likeness (QED) is 0.115. The first-order chi connectivity index (χ1) is 50.1. The fourth-order valence-electron chi connectivity index (χ4n) is 16.4. The van der Waals surface area contributed by atoms with Crippen LogP contribution in [0.3, 0.4) is 0 Å². The maximum Gasteiger partial charge on any atom is 0.410 e. The van der Waals surface area contributed by atoms with Gasteiger partial charge in [-0.05, 0) is 178 Å². The van der Waals surface area contributed by atoms with E-state index in [-0.39, 0.29) is 118 Å². The van der Waals surface area contributed by atoms with Gasteiger partial charge in [-0.1, -0.05) is 105 Å². The van der Waals surface area contributed by atoms with Crippen molar-refractivity contribution in [3.05, 3.63) is 70.3 Å². The summed E-state index contributed by atoms with van der Waals surface area (Å²) in [5.74, 6) is -4.39. The number of carbonyl (C=O) groups is 10. The second-order valence-electron chi connectivity index (χ2n) is 34.2. The zero-order chi connectivity index (χ0) is 77.5. The lowest BCUT2D eigenvalue weighted by Crippen LogP contribution is -2.59. The van der Waals surface area contributed by atoms with E-state index in [1.165, 1.54) is 31.7 Å². The highest BCUT2D eigenvalue weighted by molar-refractivity contribution is 7.91. The lowest BCUT2D eigenvalue weighted by Gasteiger charge is -2.30. The summed E-state index contributed by atoms with van der Waals surface area (Å²) in [5.41, 5.74) is -2.35. The smallest absolute Gasteiger partial charge is 0.410 e. The number of carboxylic acids is 1. The van der Waals surface area contributed by atoms with Gasteiger partial charge in [0.2, 0.25) is 43.7 Å². The molecule has 6 aliphatic carbocycles. The number of rotatable bonds is 9. The molecule has 0 aromatic heterocycles. The Morgan fingerprint density at radius 2 is 0.946 bits per heavy atom. The van der Waals surface area contributed by atoms with Gasteiger partial charge in [0.1, 0.15) is 70.3 Å². The highest BCUT2D eigenvalue weighted by Crippen LogP contribution is 2.63. The molecule has 33 heteroatoms. The van der Waals surface area contributed by atoms with Gasteiger partial charge in [0.15, 0.2) is 0 Å². The van der Waals surface area contributed by atoms with Crippen LogP contribution < -0.4 is 31.1 Å². The topological polar surface area (TPSA) is 395 Å². The number of nitrogens with two attached hydrogens (primary N) is 1. The van der Waals surface area contributed by atoms with Gasteiger partial charge >= 0.3 is 30.3 Å². The zero-order valence-corrected chi connectivity index (χ0v) is 63.6. The van der Waals surface area contributed by atoms with Gasteiger partial charge in [-0.15, -0.1) is 0 Å². The van der Waals surface area contributed by atoms with E-state index in [0.29, 0.717) is 72.6 Å². The Morgan fingerprint density at radius 3 is 1.32 bits per heavy atom. The molecule has 4 saturated heterocycles. The molecule has 14 atom stereocenters. The largest absolute Gasteiger partial charge is 0.479 e. The van der Waals surface area contributed by atoms with E-state index in [1.807, 2.05) is 0 Å². The maximum absolute atomic E-state index is 14.4. The number of alkyl carbamates (subject to hydrolysis) is 2. The van der Waals surface area contributed by atoms with Gasteiger partial charge in [-0.2, -0.15) is 0 Å². The SMILES string of the molecule is C.C.C.C.CC(C)(C)OC(=O)N[C@H]1CCCCC[C@@H]2C[C@@H]2[C@@H]2C[C@@]2(C(=O)NS(=O)(=O)C2(C)CC2)NC(=O)[C@@H]2C[C@@H](OC(=O)N3Cc4cccc(F)c4C3)CN2C1=O.CC(C)(C)OC(=O)N[C@H]1CCCCC[C@@H]2C[C@@H]2[C@@H]2C[C@@]2(C(=O)O)NC(=O)[C@@H]2C[C@@H](OC(=O)N3Cc4cccc(F)c4C3)CN2C1=O.CC1(S(N)(=O)=O)CC1. The number of fused-ring (bicyclic) bond motifs is 10. The van der Waals surface area contributed by atoms with Crippen LogP contribution in [0.25, 0.3) is 0 Å². The number of hydrogen-bond donors (Lipinski definition) is 7. The summed E-state index contributed by atoms with van der Waals surface area (Å²) in [6.07, 6.45) is 6.89. The Labute approximate surface area is 651 Å². The molecule has 6 saturated carbocycles. The summed E-state index contributed by atoms with van der Waals surface area (Å²) in [5, 5.41) is 26.1. The molecule has 0 bridgehead atoms. The van der Waals surface area contributed by atoms with Crippen molar-refractivity contribution in [3.63, 3.8) is 0 Å². The number of carboxylic acid groups (broad SMARTS) is 1. The van der Waals surface area contributed by atoms with Crippen molar-refractivity contribution in [2.24, 2.45) is 40.6 Å². The molecule has 620 valence electrons. The van der Waals surface area contributed by atoms with Gasteiger partial charge in [-0.3, -0.25) is 38.5 Å². The van der Waals surface area contributed by atoms with E-state index in [2.05, 4.69) is 26.0 Å². The van der Waals surface area contributed by atoms with Gasteiger partial charge in [0.05, 0.1) is 35.7 Å². The average molecular weight is 1600 g/mol. The van der Waals surface area contributed by atoms with Crippen LogP contribution in [-0.4, -0.2) is 183 Å². The third-order valence-corrected chi connectivity index (χ3v) is 27.6. The number of nitrogens with zero attached hydrogens (tertiary/aromatic N) is 4. The number of aliphatic carboxylic acids is 1. The number of nitrogens with one attached hydrogen (secondary N) is 5. The van der Waals surface area contributed by atoms with E-state index in [1.54, 1.807) is 79.7 Å². The van der Waals surface area contributed by atoms with Crippen molar-refractivity contribution >= 4 is 79.9 Å². The second kappa shape index (κ2) is 33.2. The Balaban J connectivity index is 0.000000246. The molecule has 2 aromatic carbocycles. The van der Waals surface area contributed by atoms with Crippen molar-refractivity contribution in [2.45, 2.75) is 308 Å². The fraction of sp³-hybridized carbons (Fsp3) is 0.718. The van der Waals surface area contributed by atoms with Crippen LogP contribution in [-0.2, 0) is 93.9 Å². The molecule has 12 aliphatic rings. The zero-order valence-electron chi connectivity index (χ0n) is 62.0. The Morgan fingerprint density at radius 1 is 0.559 bits per heavy atom. The van der Waals surface area contributed by atoms with E-state index >= 15 is 0 Å². The fourth-order valence-corrected chi connectivity index (χ4v) is 18.4. The number of hydrogen-bond acceptors (Lipinski definition) is 18. The second-order valence-corrected chi connectivity index (χ2v) is 38.5. The molecule has 29 nitrogen and oxygen atoms in total. The average Bonchev–Trinajstić information content (AvgIpc) is 1.54. The van der Waals surface area contributed by atoms with Crippen LogP contribution in [0.4, 0.5) is 28.0 Å². The minimum atomic E-state index is -4.00. The van der Waals surface area contributed by atoms with Crippen LogP contribution in [0.15, 0.2) is 36.4 Å². The summed E-state index contributed by atoms with van der Waals surface area (Å²) in [6.45, 7) is 13.5. The molecule has 0 spiro atoms. The first-order valence-electron chi connectivity index (χ1n) is 37.6. The number of ether oxygens (including phenoxy) is 4. The number of amides is 9. The molecule has 9 amide bonds. The normalized spacial score (nSPS) is 30.5. The third kappa shape index (κ3) is 19.8. The Bertz CT molecular complexity index is 4130. The molecule has 111 heavy (non-hydrogen) atoms. The summed E-state index contributed by atoms with van der Waals surface area (Å²) in [6, 6.07) is 4.89. The van der Waals surface area contributed by atoms with Crippen LogP contribution in [0, 0.1) is 47.1 Å². The van der Waals surface area contributed by atoms with Crippen molar-refractivity contribution in [3.8, 4) is 0 Å². The van der Waals surface area contributed by atoms with Gasteiger partial charge < -0.3 is 55.1 Å². The minimum Gasteiger partial charge on any atom is -0.479 e. The Hall–Kier alpha value is -7.94. The molecule has 0 radical (unpaired) electrons. The highest BCUT2D eigenvalue weighted by atomic mass is 32.2. The lowest BCUT2D eigenvalue weighted by molar-refractivity contribution is -0.146. The molecule has 8 N–H and O–H groups in total. The third-order valence-electron chi connectivity index (χ3n) is 23.7. The molecular weight excluding hydrogens is 1480 g/mol. The van der Waals surface area contributed by atoms with Crippen molar-refractivity contribution < 1.29 is 97.6 Å². The van der Waals surface area contributed by atoms with Crippen LogP contribution >= 0.6 is 0 Å². The predicted octanol–water partition coefficient (Wildman–Crippen LogP) is 9.69. The van der Waals surface area contributed by atoms with Crippen molar-refractivity contribution in [1.29, 1.82) is 0 Å². The predicted molar refractivity (Wildman–Crippen MR) is 406 cm³/mol. The van der Waals surface area contributed by atoms with E-state index in [0.717, 1.165) is 64.2 Å². The molecule has 0 unspecified atom stereocenters. The minimum absolute atomic E-state index is 0. The maximum atomic E-state index is 14.4. The molecule has 2 aromatic rings. The van der Waals surface area contributed by atoms with Crippen molar-refractivity contribution in [2.75, 3.05) is 13.1 Å². The molecule has 14 rings (SSSR count). The van der Waals surface area contributed by atoms with Crippen LogP contribution in [0.5, 0.6) is 0 Å². The Kier molecular flexibility index (Phi) is 26.5. The molecular formula is C78H118F2N10O19S2. The van der Waals surface area contributed by atoms with E-state index < -0.39 is 160 Å².